The van der Waals surface area contributed by atoms with Crippen molar-refractivity contribution in [2.45, 2.75) is 6.61 Å². The molecule has 0 radical (unpaired) electrons. The molecule has 0 amide bonds. The van der Waals surface area contributed by atoms with Crippen LogP contribution in [0.25, 0.3) is 0 Å². The number of rotatable bonds is 3. The number of aromatic nitrogens is 2. The predicted molar refractivity (Wildman–Crippen MR) is 63.1 cm³/mol. The van der Waals surface area contributed by atoms with E-state index in [1.165, 1.54) is 12.1 Å². The van der Waals surface area contributed by atoms with Gasteiger partial charge in [-0.1, -0.05) is 0 Å². The number of nitrogens with two attached hydrogens (primary N) is 1. The summed E-state index contributed by atoms with van der Waals surface area (Å²) in [5.41, 5.74) is 6.29. The molecular weight excluding hydrogens is 237 g/mol. The van der Waals surface area contributed by atoms with Gasteiger partial charge in [-0.25, -0.2) is 9.18 Å². The number of aryl methyl sites for hydroxylation is 1. The fraction of sp³-hybridized carbons (Fsp3) is 0.167. The first-order valence-corrected chi connectivity index (χ1v) is 5.26. The van der Waals surface area contributed by atoms with Gasteiger partial charge < -0.3 is 10.5 Å². The number of hydrogen-bond donors (Lipinski definition) is 1. The van der Waals surface area contributed by atoms with Crippen LogP contribution in [0.5, 0.6) is 0 Å². The molecule has 18 heavy (non-hydrogen) atoms. The maximum absolute atomic E-state index is 12.9. The normalized spacial score (nSPS) is 10.3. The lowest BCUT2D eigenvalue weighted by molar-refractivity contribution is 0.0472. The Balaban J connectivity index is 2.01. The van der Waals surface area contributed by atoms with Crippen LogP contribution in [0.4, 0.5) is 10.1 Å². The van der Waals surface area contributed by atoms with E-state index in [9.17, 15) is 9.18 Å². The molecule has 2 rings (SSSR count). The van der Waals surface area contributed by atoms with Gasteiger partial charge in [0.15, 0.2) is 0 Å². The third-order valence-corrected chi connectivity index (χ3v) is 2.36. The van der Waals surface area contributed by atoms with E-state index in [0.29, 0.717) is 0 Å². The van der Waals surface area contributed by atoms with Crippen LogP contribution in [-0.2, 0) is 18.4 Å². The number of nitrogens with zero attached hydrogens (tertiary/aromatic N) is 2. The Morgan fingerprint density at radius 2 is 2.33 bits per heavy atom. The molecule has 2 N–H and O–H groups in total. The van der Waals surface area contributed by atoms with Crippen molar-refractivity contribution in [2.24, 2.45) is 7.05 Å². The van der Waals surface area contributed by atoms with Crippen LogP contribution in [0.2, 0.25) is 0 Å². The van der Waals surface area contributed by atoms with Crippen LogP contribution < -0.4 is 5.73 Å². The molecule has 5 nitrogen and oxygen atoms in total. The minimum atomic E-state index is -0.557. The third kappa shape index (κ3) is 2.65. The molecule has 0 fully saturated rings. The van der Waals surface area contributed by atoms with Crippen LogP contribution in [0, 0.1) is 5.82 Å². The standard InChI is InChI=1S/C12H12FN3O2/c1-16-6-8(5-15-16)7-18-12(17)9-2-3-10(13)11(14)4-9/h2-6H,7,14H2,1H3. The Morgan fingerprint density at radius 1 is 1.56 bits per heavy atom. The molecule has 94 valence electrons. The van der Waals surface area contributed by atoms with Gasteiger partial charge in [0.05, 0.1) is 17.4 Å². The van der Waals surface area contributed by atoms with E-state index in [1.807, 2.05) is 0 Å². The van der Waals surface area contributed by atoms with Crippen LogP contribution in [-0.4, -0.2) is 15.7 Å². The van der Waals surface area contributed by atoms with Crippen LogP contribution in [0.3, 0.4) is 0 Å². The van der Waals surface area contributed by atoms with Crippen LogP contribution in [0.15, 0.2) is 30.6 Å². The Morgan fingerprint density at radius 3 is 2.94 bits per heavy atom. The van der Waals surface area contributed by atoms with Crippen molar-refractivity contribution in [3.8, 4) is 0 Å². The highest BCUT2D eigenvalue weighted by Gasteiger charge is 2.10. The number of nitrogen functional groups attached to an aromatic ring is 1. The number of carbonyl (C=O) groups excluding carboxylic acids is 1. The summed E-state index contributed by atoms with van der Waals surface area (Å²) in [6.45, 7) is 0.115. The molecule has 0 atom stereocenters. The Bertz CT molecular complexity index is 580. The maximum atomic E-state index is 12.9. The van der Waals surface area contributed by atoms with Crippen molar-refractivity contribution < 1.29 is 13.9 Å². The topological polar surface area (TPSA) is 70.1 Å². The van der Waals surface area contributed by atoms with E-state index < -0.39 is 11.8 Å². The number of halogens is 1. The van der Waals surface area contributed by atoms with Gasteiger partial charge in [-0.3, -0.25) is 4.68 Å². The summed E-state index contributed by atoms with van der Waals surface area (Å²) in [5.74, 6) is -1.11. The Hall–Kier alpha value is -2.37. The fourth-order valence-electron chi connectivity index (χ4n) is 1.45. The van der Waals surface area contributed by atoms with E-state index in [4.69, 9.17) is 10.5 Å². The molecule has 1 heterocycles. The summed E-state index contributed by atoms with van der Waals surface area (Å²) in [7, 11) is 1.77. The SMILES string of the molecule is Cn1cc(COC(=O)c2ccc(F)c(N)c2)cn1. The molecule has 2 aromatic rings. The highest BCUT2D eigenvalue weighted by Crippen LogP contribution is 2.13. The molecule has 0 unspecified atom stereocenters. The van der Waals surface area contributed by atoms with Gasteiger partial charge in [0, 0.05) is 18.8 Å². The third-order valence-electron chi connectivity index (χ3n) is 2.36. The largest absolute Gasteiger partial charge is 0.457 e. The van der Waals surface area contributed by atoms with Gasteiger partial charge in [-0.05, 0) is 18.2 Å². The van der Waals surface area contributed by atoms with Crippen molar-refractivity contribution >= 4 is 11.7 Å². The van der Waals surface area contributed by atoms with Crippen LogP contribution >= 0.6 is 0 Å². The lowest BCUT2D eigenvalue weighted by atomic mass is 10.2. The Kier molecular flexibility index (Phi) is 3.27. The summed E-state index contributed by atoms with van der Waals surface area (Å²) in [5, 5.41) is 3.95. The van der Waals surface area contributed by atoms with Gasteiger partial charge in [0.25, 0.3) is 0 Å². The smallest absolute Gasteiger partial charge is 0.338 e. The summed E-state index contributed by atoms with van der Waals surface area (Å²) in [4.78, 5) is 11.7. The molecule has 6 heteroatoms. The second-order valence-corrected chi connectivity index (χ2v) is 3.83. The first-order chi connectivity index (χ1) is 8.56. The van der Waals surface area contributed by atoms with Gasteiger partial charge in [0.2, 0.25) is 0 Å². The lowest BCUT2D eigenvalue weighted by Gasteiger charge is -2.04. The Labute approximate surface area is 103 Å². The first kappa shape index (κ1) is 12.1. The lowest BCUT2D eigenvalue weighted by Crippen LogP contribution is -2.06. The van der Waals surface area contributed by atoms with Crippen molar-refractivity contribution in [2.75, 3.05) is 5.73 Å². The minimum Gasteiger partial charge on any atom is -0.457 e. The van der Waals surface area contributed by atoms with Gasteiger partial charge in [-0.2, -0.15) is 5.10 Å². The zero-order valence-corrected chi connectivity index (χ0v) is 9.76. The molecule has 0 aliphatic rings. The predicted octanol–water partition coefficient (Wildman–Crippen LogP) is 1.50. The van der Waals surface area contributed by atoms with Crippen molar-refractivity contribution in [1.82, 2.24) is 9.78 Å². The number of ether oxygens (including phenoxy) is 1. The minimum absolute atomic E-state index is 0.0779. The van der Waals surface area contributed by atoms with Crippen LogP contribution in [0.1, 0.15) is 15.9 Å². The molecule has 0 saturated heterocycles. The monoisotopic (exact) mass is 249 g/mol. The van der Waals surface area contributed by atoms with Crippen molar-refractivity contribution in [3.63, 3.8) is 0 Å². The average Bonchev–Trinajstić information content (AvgIpc) is 2.75. The van der Waals surface area contributed by atoms with Crippen molar-refractivity contribution in [1.29, 1.82) is 0 Å². The summed E-state index contributed by atoms with van der Waals surface area (Å²) < 4.78 is 19.6. The highest BCUT2D eigenvalue weighted by molar-refractivity contribution is 5.90. The summed E-state index contributed by atoms with van der Waals surface area (Å²) >= 11 is 0. The van der Waals surface area contributed by atoms with Gasteiger partial charge in [0.1, 0.15) is 12.4 Å². The molecule has 0 bridgehead atoms. The zero-order chi connectivity index (χ0) is 13.1. The van der Waals surface area contributed by atoms with E-state index in [2.05, 4.69) is 5.10 Å². The van der Waals surface area contributed by atoms with Gasteiger partial charge >= 0.3 is 5.97 Å². The highest BCUT2D eigenvalue weighted by atomic mass is 19.1. The number of benzene rings is 1. The zero-order valence-electron chi connectivity index (χ0n) is 9.76. The maximum Gasteiger partial charge on any atom is 0.338 e. The van der Waals surface area contributed by atoms with E-state index in [0.717, 1.165) is 11.6 Å². The fourth-order valence-corrected chi connectivity index (χ4v) is 1.45. The van der Waals surface area contributed by atoms with E-state index in [-0.39, 0.29) is 17.9 Å². The molecule has 0 saturated carbocycles. The van der Waals surface area contributed by atoms with Gasteiger partial charge in [-0.15, -0.1) is 0 Å². The molecular formula is C12H12FN3O2. The number of carbonyl (C=O) groups is 1. The second kappa shape index (κ2) is 4.87. The summed E-state index contributed by atoms with van der Waals surface area (Å²) in [6, 6.07) is 3.72. The second-order valence-electron chi connectivity index (χ2n) is 3.83. The van der Waals surface area contributed by atoms with E-state index >= 15 is 0 Å². The first-order valence-electron chi connectivity index (χ1n) is 5.26. The van der Waals surface area contributed by atoms with Crippen molar-refractivity contribution in [3.05, 3.63) is 47.5 Å². The molecule has 0 aliphatic heterocycles. The molecule has 1 aromatic carbocycles. The average molecular weight is 249 g/mol. The number of esters is 1. The quantitative estimate of drug-likeness (QED) is 0.661. The number of anilines is 1. The number of hydrogen-bond acceptors (Lipinski definition) is 4. The molecule has 0 spiro atoms. The molecule has 1 aromatic heterocycles. The van der Waals surface area contributed by atoms with E-state index in [1.54, 1.807) is 24.1 Å². The summed E-state index contributed by atoms with van der Waals surface area (Å²) in [6.07, 6.45) is 3.35. The molecule has 0 aliphatic carbocycles.